The summed E-state index contributed by atoms with van der Waals surface area (Å²) in [6, 6.07) is 0. The number of aliphatic hydroxyl groups is 5. The number of hydrogen-bond acceptors (Lipinski definition) is 12. The van der Waals surface area contributed by atoms with Crippen molar-refractivity contribution in [2.75, 3.05) is 13.2 Å². The van der Waals surface area contributed by atoms with Crippen LogP contribution in [0.5, 0.6) is 0 Å². The third kappa shape index (κ3) is 38.8. The predicted molar refractivity (Wildman–Crippen MR) is 286 cm³/mol. The topological polar surface area (TPSA) is 210 Å². The maximum Gasteiger partial charge on any atom is 0.472 e. The molecule has 6 N–H and O–H groups in total. The normalized spacial score (nSPS) is 20.6. The molecule has 1 rings (SSSR count). The van der Waals surface area contributed by atoms with Crippen LogP contribution in [0.25, 0.3) is 0 Å². The molecule has 0 aromatic heterocycles. The Labute approximate surface area is 433 Å². The molecule has 0 aromatic carbocycles. The number of rotatable bonds is 51. The van der Waals surface area contributed by atoms with Crippen LogP contribution in [0.2, 0.25) is 0 Å². The Bertz CT molecular complexity index is 1290. The minimum Gasteiger partial charge on any atom is -0.462 e. The lowest BCUT2D eigenvalue weighted by Crippen LogP contribution is -2.64. The van der Waals surface area contributed by atoms with Gasteiger partial charge < -0.3 is 39.9 Å². The Morgan fingerprint density at radius 1 is 0.423 bits per heavy atom. The number of phosphoric ester groups is 1. The van der Waals surface area contributed by atoms with E-state index in [4.69, 9.17) is 18.5 Å². The number of aliphatic hydroxyl groups excluding tert-OH is 5. The van der Waals surface area contributed by atoms with Crippen molar-refractivity contribution in [3.8, 4) is 0 Å². The number of unbranched alkanes of at least 4 members (excludes halogenated alkanes) is 37. The number of carbonyl (C=O) groups is 2. The zero-order valence-electron chi connectivity index (χ0n) is 45.3. The molecule has 0 amide bonds. The summed E-state index contributed by atoms with van der Waals surface area (Å²) in [4.78, 5) is 36.0. The molecule has 420 valence electrons. The van der Waals surface area contributed by atoms with E-state index in [9.17, 15) is 44.6 Å². The molecular formula is C57H109O13P. The van der Waals surface area contributed by atoms with Gasteiger partial charge in [-0.25, -0.2) is 4.57 Å². The molecule has 0 aliphatic heterocycles. The van der Waals surface area contributed by atoms with Crippen LogP contribution >= 0.6 is 7.82 Å². The Balaban J connectivity index is 2.30. The van der Waals surface area contributed by atoms with E-state index in [0.29, 0.717) is 12.8 Å². The summed E-state index contributed by atoms with van der Waals surface area (Å²) in [6.07, 6.45) is 41.2. The third-order valence-electron chi connectivity index (χ3n) is 14.1. The van der Waals surface area contributed by atoms with E-state index in [2.05, 4.69) is 26.0 Å². The van der Waals surface area contributed by atoms with Crippen LogP contribution in [0.15, 0.2) is 12.2 Å². The fraction of sp³-hybridized carbons (Fsp3) is 0.930. The van der Waals surface area contributed by atoms with Crippen molar-refractivity contribution < 1.29 is 63.1 Å². The highest BCUT2D eigenvalue weighted by atomic mass is 31.2. The molecule has 1 aliphatic carbocycles. The quantitative estimate of drug-likeness (QED) is 0.0145. The van der Waals surface area contributed by atoms with E-state index >= 15 is 0 Å². The molecule has 0 aromatic rings. The summed E-state index contributed by atoms with van der Waals surface area (Å²) in [5, 5.41) is 50.4. The van der Waals surface area contributed by atoms with E-state index in [1.165, 1.54) is 193 Å². The molecule has 6 unspecified atom stereocenters. The van der Waals surface area contributed by atoms with Crippen LogP contribution in [-0.2, 0) is 32.7 Å². The minimum absolute atomic E-state index is 0.0966. The number of esters is 2. The average molecular weight is 1030 g/mol. The highest BCUT2D eigenvalue weighted by Gasteiger charge is 2.51. The van der Waals surface area contributed by atoms with Gasteiger partial charge in [-0.15, -0.1) is 0 Å². The average Bonchev–Trinajstić information content (AvgIpc) is 3.35. The molecule has 0 radical (unpaired) electrons. The second-order valence-electron chi connectivity index (χ2n) is 20.9. The monoisotopic (exact) mass is 1030 g/mol. The molecule has 0 spiro atoms. The van der Waals surface area contributed by atoms with Crippen molar-refractivity contribution in [2.24, 2.45) is 0 Å². The second kappa shape index (κ2) is 47.1. The molecule has 0 bridgehead atoms. The smallest absolute Gasteiger partial charge is 0.462 e. The summed E-state index contributed by atoms with van der Waals surface area (Å²) in [5.74, 6) is -1.09. The highest BCUT2D eigenvalue weighted by molar-refractivity contribution is 7.47. The van der Waals surface area contributed by atoms with Gasteiger partial charge in [0.15, 0.2) is 6.10 Å². The van der Waals surface area contributed by atoms with Crippen molar-refractivity contribution >= 4 is 19.8 Å². The van der Waals surface area contributed by atoms with Crippen LogP contribution in [0.4, 0.5) is 0 Å². The standard InChI is InChI=1S/C57H109O13P/c1-3-5-7-9-11-13-15-17-19-21-23-24-25-26-27-28-30-31-33-35-37-39-41-43-45-50(58)67-47-49(48-68-71(65,66)70-57-55(63)53(61)52(60)54(62)56(57)64)69-51(59)46-44-42-40-38-36-34-32-29-22-20-18-16-14-12-10-8-6-4-2/h20,22,49,52-57,60-64H,3-19,21,23-48H2,1-2H3,(H,65,66)/b22-20-. The summed E-state index contributed by atoms with van der Waals surface area (Å²) in [6.45, 7) is 3.36. The summed E-state index contributed by atoms with van der Waals surface area (Å²) in [5.41, 5.74) is 0. The van der Waals surface area contributed by atoms with Crippen LogP contribution in [0, 0.1) is 0 Å². The van der Waals surface area contributed by atoms with Crippen molar-refractivity contribution in [3.63, 3.8) is 0 Å². The van der Waals surface area contributed by atoms with E-state index in [1.807, 2.05) is 0 Å². The summed E-state index contributed by atoms with van der Waals surface area (Å²) >= 11 is 0. The molecule has 1 saturated carbocycles. The Hall–Kier alpha value is -1.41. The maximum atomic E-state index is 12.9. The number of allylic oxidation sites excluding steroid dienone is 2. The van der Waals surface area contributed by atoms with E-state index in [1.54, 1.807) is 0 Å². The number of ether oxygens (including phenoxy) is 2. The molecule has 14 heteroatoms. The molecule has 13 nitrogen and oxygen atoms in total. The molecule has 71 heavy (non-hydrogen) atoms. The van der Waals surface area contributed by atoms with Gasteiger partial charge in [-0.3, -0.25) is 18.6 Å². The highest BCUT2D eigenvalue weighted by Crippen LogP contribution is 2.47. The fourth-order valence-electron chi connectivity index (χ4n) is 9.40. The van der Waals surface area contributed by atoms with Gasteiger partial charge in [0.2, 0.25) is 0 Å². The zero-order chi connectivity index (χ0) is 52.1. The van der Waals surface area contributed by atoms with Crippen molar-refractivity contribution in [1.82, 2.24) is 0 Å². The van der Waals surface area contributed by atoms with Crippen molar-refractivity contribution in [2.45, 2.75) is 326 Å². The van der Waals surface area contributed by atoms with E-state index in [-0.39, 0.29) is 12.8 Å². The number of hydrogen-bond donors (Lipinski definition) is 6. The van der Waals surface area contributed by atoms with E-state index < -0.39 is 75.7 Å². The molecule has 0 heterocycles. The molecule has 1 aliphatic rings. The Morgan fingerprint density at radius 2 is 0.718 bits per heavy atom. The first-order valence-corrected chi connectivity index (χ1v) is 31.0. The Morgan fingerprint density at radius 3 is 1.07 bits per heavy atom. The number of carbonyl (C=O) groups excluding carboxylic acids is 2. The first-order chi connectivity index (χ1) is 34.4. The largest absolute Gasteiger partial charge is 0.472 e. The van der Waals surface area contributed by atoms with Crippen LogP contribution in [0.1, 0.15) is 284 Å². The van der Waals surface area contributed by atoms with Crippen LogP contribution in [0.3, 0.4) is 0 Å². The van der Waals surface area contributed by atoms with E-state index in [0.717, 1.165) is 51.4 Å². The van der Waals surface area contributed by atoms with Gasteiger partial charge in [0, 0.05) is 12.8 Å². The van der Waals surface area contributed by atoms with Gasteiger partial charge in [0.25, 0.3) is 0 Å². The number of phosphoric acid groups is 1. The summed E-state index contributed by atoms with van der Waals surface area (Å²) < 4.78 is 33.8. The van der Waals surface area contributed by atoms with Crippen LogP contribution < -0.4 is 0 Å². The Kier molecular flexibility index (Phi) is 44.8. The lowest BCUT2D eigenvalue weighted by Gasteiger charge is -2.41. The molecular weight excluding hydrogens is 924 g/mol. The molecule has 1 fully saturated rings. The van der Waals surface area contributed by atoms with Gasteiger partial charge >= 0.3 is 19.8 Å². The van der Waals surface area contributed by atoms with Gasteiger partial charge in [0.05, 0.1) is 6.61 Å². The lowest BCUT2D eigenvalue weighted by atomic mass is 9.85. The van der Waals surface area contributed by atoms with Gasteiger partial charge in [-0.1, -0.05) is 244 Å². The second-order valence-corrected chi connectivity index (χ2v) is 22.3. The van der Waals surface area contributed by atoms with Gasteiger partial charge in [-0.05, 0) is 38.5 Å². The van der Waals surface area contributed by atoms with Crippen LogP contribution in [-0.4, -0.2) is 98.3 Å². The predicted octanol–water partition coefficient (Wildman–Crippen LogP) is 13.7. The summed E-state index contributed by atoms with van der Waals surface area (Å²) in [7, 11) is -5.12. The zero-order valence-corrected chi connectivity index (χ0v) is 46.2. The maximum absolute atomic E-state index is 12.9. The first-order valence-electron chi connectivity index (χ1n) is 29.5. The van der Waals surface area contributed by atoms with Crippen molar-refractivity contribution in [3.05, 3.63) is 12.2 Å². The fourth-order valence-corrected chi connectivity index (χ4v) is 10.4. The third-order valence-corrected chi connectivity index (χ3v) is 15.1. The lowest BCUT2D eigenvalue weighted by molar-refractivity contribution is -0.220. The first kappa shape index (κ1) is 67.6. The minimum atomic E-state index is -5.12. The SMILES string of the molecule is CCCCCCCCC/C=C\CCCCCCCCCC(=O)OC(COC(=O)CCCCCCCCCCCCCCCCCCCCCCCCCC)COP(=O)(O)OC1C(O)C(O)C(O)C(O)C1O. The molecule has 0 saturated heterocycles. The van der Waals surface area contributed by atoms with Crippen molar-refractivity contribution in [1.29, 1.82) is 0 Å². The van der Waals surface area contributed by atoms with Gasteiger partial charge in [-0.2, -0.15) is 0 Å². The molecule has 6 atom stereocenters. The van der Waals surface area contributed by atoms with Gasteiger partial charge in [0.1, 0.15) is 43.2 Å².